The molecule has 2 aliphatic rings. The van der Waals surface area contributed by atoms with Crippen LogP contribution in [0.2, 0.25) is 0 Å². The minimum Gasteiger partial charge on any atom is -0.454 e. The van der Waals surface area contributed by atoms with Gasteiger partial charge in [0.25, 0.3) is 5.91 Å². The van der Waals surface area contributed by atoms with Crippen LogP contribution in [0.3, 0.4) is 0 Å². The first-order chi connectivity index (χ1) is 15.8. The summed E-state index contributed by atoms with van der Waals surface area (Å²) < 4.78 is 40.8. The molecule has 174 valence electrons. The second kappa shape index (κ2) is 8.15. The topological polar surface area (TPSA) is 98.2 Å². The number of carbonyl (C=O) groups is 1. The van der Waals surface area contributed by atoms with Crippen molar-refractivity contribution in [2.75, 3.05) is 33.0 Å². The van der Waals surface area contributed by atoms with Crippen LogP contribution in [0, 0.1) is 0 Å². The number of benzene rings is 2. The van der Waals surface area contributed by atoms with Crippen molar-refractivity contribution < 1.29 is 22.7 Å². The van der Waals surface area contributed by atoms with Crippen LogP contribution in [0.25, 0.3) is 10.2 Å². The standard InChI is InChI=1S/C22H23N3O6S2/c1-14(2)25-17-5-4-16(12-20(17)32-22(25)27)33(28,29)24-9-7-23(8-10-24)21(26)15-3-6-18-19(11-15)31-13-30-18/h3-6,11-12,14H,7-10,13H2,1-2H3. The van der Waals surface area contributed by atoms with Gasteiger partial charge in [-0.2, -0.15) is 4.31 Å². The van der Waals surface area contributed by atoms with Gasteiger partial charge in [-0.05, 0) is 50.2 Å². The van der Waals surface area contributed by atoms with Crippen molar-refractivity contribution in [3.8, 4) is 11.5 Å². The minimum absolute atomic E-state index is 0.0101. The number of carbonyl (C=O) groups excluding carboxylic acids is 1. The maximum Gasteiger partial charge on any atom is 0.308 e. The molecule has 2 aliphatic heterocycles. The minimum atomic E-state index is -3.74. The lowest BCUT2D eigenvalue weighted by molar-refractivity contribution is 0.0697. The molecule has 1 saturated heterocycles. The van der Waals surface area contributed by atoms with Gasteiger partial charge in [0.2, 0.25) is 16.8 Å². The van der Waals surface area contributed by atoms with E-state index in [1.54, 1.807) is 45.9 Å². The fourth-order valence-electron chi connectivity index (χ4n) is 4.16. The SMILES string of the molecule is CC(C)n1c(=O)sc2cc(S(=O)(=O)N3CCN(C(=O)c4ccc5c(c4)OCO5)CC3)ccc21. The van der Waals surface area contributed by atoms with Crippen LogP contribution in [0.15, 0.2) is 46.1 Å². The third-order valence-corrected chi connectivity index (χ3v) is 8.70. The number of sulfonamides is 1. The van der Waals surface area contributed by atoms with Gasteiger partial charge in [-0.25, -0.2) is 8.42 Å². The van der Waals surface area contributed by atoms with Gasteiger partial charge in [0.05, 0.1) is 15.1 Å². The Kier molecular flexibility index (Phi) is 5.42. The summed E-state index contributed by atoms with van der Waals surface area (Å²) in [5.41, 5.74) is 1.21. The molecule has 0 aliphatic carbocycles. The fraction of sp³-hybridized carbons (Fsp3) is 0.364. The normalized spacial score (nSPS) is 16.6. The molecule has 0 unspecified atom stereocenters. The lowest BCUT2D eigenvalue weighted by Gasteiger charge is -2.34. The third-order valence-electron chi connectivity index (χ3n) is 5.88. The molecular formula is C22H23N3O6S2. The molecule has 3 heterocycles. The van der Waals surface area contributed by atoms with E-state index in [1.165, 1.54) is 4.31 Å². The van der Waals surface area contributed by atoms with Crippen LogP contribution in [0.4, 0.5) is 0 Å². The molecule has 2 aromatic carbocycles. The van der Waals surface area contributed by atoms with Crippen LogP contribution >= 0.6 is 11.3 Å². The number of hydrogen-bond acceptors (Lipinski definition) is 7. The van der Waals surface area contributed by atoms with Gasteiger partial charge in [0, 0.05) is 37.8 Å². The maximum absolute atomic E-state index is 13.2. The zero-order chi connectivity index (χ0) is 23.3. The van der Waals surface area contributed by atoms with E-state index in [9.17, 15) is 18.0 Å². The Morgan fingerprint density at radius 1 is 1.00 bits per heavy atom. The second-order valence-electron chi connectivity index (χ2n) is 8.23. The zero-order valence-electron chi connectivity index (χ0n) is 18.2. The molecule has 0 spiro atoms. The summed E-state index contributed by atoms with van der Waals surface area (Å²) in [5.74, 6) is 0.964. The number of hydrogen-bond donors (Lipinski definition) is 0. The summed E-state index contributed by atoms with van der Waals surface area (Å²) in [6.07, 6.45) is 0. The van der Waals surface area contributed by atoms with E-state index >= 15 is 0 Å². The summed E-state index contributed by atoms with van der Waals surface area (Å²) in [6.45, 7) is 4.93. The predicted octanol–water partition coefficient (Wildman–Crippen LogP) is 2.52. The third kappa shape index (κ3) is 3.79. The highest BCUT2D eigenvalue weighted by atomic mass is 32.2. The van der Waals surface area contributed by atoms with Gasteiger partial charge in [-0.1, -0.05) is 11.3 Å². The second-order valence-corrected chi connectivity index (χ2v) is 11.2. The van der Waals surface area contributed by atoms with Crippen molar-refractivity contribution in [3.05, 3.63) is 51.6 Å². The molecular weight excluding hydrogens is 466 g/mol. The molecule has 0 N–H and O–H groups in total. The molecule has 0 saturated carbocycles. The van der Waals surface area contributed by atoms with Gasteiger partial charge in [0.15, 0.2) is 11.5 Å². The van der Waals surface area contributed by atoms with Gasteiger partial charge in [0.1, 0.15) is 0 Å². The van der Waals surface area contributed by atoms with Crippen molar-refractivity contribution in [2.45, 2.75) is 24.8 Å². The van der Waals surface area contributed by atoms with E-state index in [0.717, 1.165) is 16.9 Å². The largest absolute Gasteiger partial charge is 0.454 e. The van der Waals surface area contributed by atoms with E-state index in [-0.39, 0.29) is 54.7 Å². The van der Waals surface area contributed by atoms with E-state index < -0.39 is 10.0 Å². The average Bonchev–Trinajstić information content (AvgIpc) is 3.40. The molecule has 0 radical (unpaired) electrons. The number of ether oxygens (including phenoxy) is 2. The first kappa shape index (κ1) is 21.9. The Bertz CT molecular complexity index is 1400. The zero-order valence-corrected chi connectivity index (χ0v) is 19.8. The molecule has 3 aromatic rings. The van der Waals surface area contributed by atoms with Crippen molar-refractivity contribution >= 4 is 37.5 Å². The smallest absolute Gasteiger partial charge is 0.308 e. The number of rotatable bonds is 4. The van der Waals surface area contributed by atoms with Gasteiger partial charge in [-0.15, -0.1) is 0 Å². The number of aromatic nitrogens is 1. The quantitative estimate of drug-likeness (QED) is 0.559. The molecule has 1 fully saturated rings. The molecule has 9 nitrogen and oxygen atoms in total. The molecule has 0 bridgehead atoms. The van der Waals surface area contributed by atoms with Crippen LogP contribution in [0.1, 0.15) is 30.2 Å². The van der Waals surface area contributed by atoms with E-state index in [2.05, 4.69) is 0 Å². The lowest BCUT2D eigenvalue weighted by atomic mass is 10.1. The Hall–Kier alpha value is -2.89. The van der Waals surface area contributed by atoms with E-state index in [1.807, 2.05) is 13.8 Å². The highest BCUT2D eigenvalue weighted by Crippen LogP contribution is 2.33. The van der Waals surface area contributed by atoms with Gasteiger partial charge in [-0.3, -0.25) is 14.2 Å². The highest BCUT2D eigenvalue weighted by molar-refractivity contribution is 7.89. The monoisotopic (exact) mass is 489 g/mol. The molecule has 11 heteroatoms. The summed E-state index contributed by atoms with van der Waals surface area (Å²) in [7, 11) is -3.74. The van der Waals surface area contributed by atoms with Crippen LogP contribution in [-0.4, -0.2) is 61.1 Å². The number of nitrogens with zero attached hydrogens (tertiary/aromatic N) is 3. The summed E-state index contributed by atoms with van der Waals surface area (Å²) in [4.78, 5) is 26.9. The van der Waals surface area contributed by atoms with Gasteiger partial charge < -0.3 is 14.4 Å². The van der Waals surface area contributed by atoms with Crippen molar-refractivity contribution in [3.63, 3.8) is 0 Å². The summed E-state index contributed by atoms with van der Waals surface area (Å²) in [5, 5.41) is 0. The highest BCUT2D eigenvalue weighted by Gasteiger charge is 2.31. The van der Waals surface area contributed by atoms with E-state index in [0.29, 0.717) is 21.8 Å². The number of fused-ring (bicyclic) bond motifs is 2. The Balaban J connectivity index is 1.32. The first-order valence-electron chi connectivity index (χ1n) is 10.6. The molecule has 5 rings (SSSR count). The fourth-order valence-corrected chi connectivity index (χ4v) is 6.74. The predicted molar refractivity (Wildman–Crippen MR) is 124 cm³/mol. The molecule has 0 atom stereocenters. The molecule has 33 heavy (non-hydrogen) atoms. The Morgan fingerprint density at radius 2 is 1.73 bits per heavy atom. The summed E-state index contributed by atoms with van der Waals surface area (Å²) in [6, 6.07) is 9.84. The number of amides is 1. The van der Waals surface area contributed by atoms with Crippen LogP contribution < -0.4 is 14.3 Å². The van der Waals surface area contributed by atoms with Crippen LogP contribution in [-0.2, 0) is 10.0 Å². The maximum atomic E-state index is 13.2. The first-order valence-corrected chi connectivity index (χ1v) is 12.9. The number of piperazine rings is 1. The van der Waals surface area contributed by atoms with Crippen molar-refractivity contribution in [2.24, 2.45) is 0 Å². The molecule has 1 aromatic heterocycles. The lowest BCUT2D eigenvalue weighted by Crippen LogP contribution is -2.50. The van der Waals surface area contributed by atoms with Crippen LogP contribution in [0.5, 0.6) is 11.5 Å². The Morgan fingerprint density at radius 3 is 2.45 bits per heavy atom. The Labute approximate surface area is 194 Å². The van der Waals surface area contributed by atoms with Crippen molar-refractivity contribution in [1.82, 2.24) is 13.8 Å². The van der Waals surface area contributed by atoms with Crippen molar-refractivity contribution in [1.29, 1.82) is 0 Å². The van der Waals surface area contributed by atoms with Gasteiger partial charge >= 0.3 is 4.87 Å². The average molecular weight is 490 g/mol. The molecule has 1 amide bonds. The number of thiazole rings is 1. The summed E-state index contributed by atoms with van der Waals surface area (Å²) >= 11 is 1.05. The van der Waals surface area contributed by atoms with E-state index in [4.69, 9.17) is 9.47 Å².